The molecule has 9 heteroatoms. The van der Waals surface area contributed by atoms with E-state index < -0.39 is 0 Å². The third-order valence-electron chi connectivity index (χ3n) is 21.7. The highest BCUT2D eigenvalue weighted by molar-refractivity contribution is 6.05. The molecule has 3 N–H and O–H groups in total. The molecular weight excluding hydrogens is 1190 g/mol. The number of nitrogens with zero attached hydrogens (tertiary/aromatic N) is 2. The van der Waals surface area contributed by atoms with Gasteiger partial charge in [0.05, 0.1) is 11.8 Å². The highest BCUT2D eigenvalue weighted by Crippen LogP contribution is 2.25. The van der Waals surface area contributed by atoms with Gasteiger partial charge in [0.25, 0.3) is 0 Å². The van der Waals surface area contributed by atoms with Crippen molar-refractivity contribution < 1.29 is 19.2 Å². The molecule has 2 saturated heterocycles. The predicted octanol–water partition coefficient (Wildman–Crippen LogP) is 25.4. The largest absolute Gasteiger partial charge is 0.314 e. The van der Waals surface area contributed by atoms with Gasteiger partial charge in [0, 0.05) is 65.2 Å². The summed E-state index contributed by atoms with van der Waals surface area (Å²) in [6.45, 7) is 9.62. The van der Waals surface area contributed by atoms with E-state index in [0.717, 1.165) is 51.9 Å². The van der Waals surface area contributed by atoms with E-state index in [-0.39, 0.29) is 35.5 Å². The second kappa shape index (κ2) is 73.4. The van der Waals surface area contributed by atoms with E-state index in [1.165, 1.54) is 408 Å². The van der Waals surface area contributed by atoms with E-state index in [9.17, 15) is 19.2 Å². The molecule has 2 heterocycles. The Morgan fingerprint density at radius 3 is 0.598 bits per heavy atom. The van der Waals surface area contributed by atoms with E-state index in [0.29, 0.717) is 39.0 Å². The summed E-state index contributed by atoms with van der Waals surface area (Å²) < 4.78 is 0. The second-order valence-corrected chi connectivity index (χ2v) is 31.0. The molecule has 0 aromatic rings. The molecule has 2 unspecified atom stereocenters. The number of unbranched alkanes of at least 4 members (excludes halogenated alkanes) is 64. The van der Waals surface area contributed by atoms with Crippen molar-refractivity contribution in [2.45, 2.75) is 450 Å². The monoisotopic (exact) mass is 1360 g/mol. The molecule has 2 atom stereocenters. The van der Waals surface area contributed by atoms with Gasteiger partial charge in [0.2, 0.25) is 23.6 Å². The summed E-state index contributed by atoms with van der Waals surface area (Å²) in [5.41, 5.74) is 0. The lowest BCUT2D eigenvalue weighted by atomic mass is 10.0. The number of hydrogen-bond donors (Lipinski definition) is 3. The maximum atomic E-state index is 13.0. The van der Waals surface area contributed by atoms with Gasteiger partial charge in [-0.1, -0.05) is 436 Å². The minimum absolute atomic E-state index is 0.0555. The van der Waals surface area contributed by atoms with Gasteiger partial charge in [-0.05, 0) is 25.7 Å². The molecule has 0 aromatic carbocycles. The van der Waals surface area contributed by atoms with Crippen LogP contribution in [0.1, 0.15) is 450 Å². The van der Waals surface area contributed by atoms with Crippen LogP contribution in [0.2, 0.25) is 0 Å². The molecule has 0 bridgehead atoms. The quantitative estimate of drug-likeness (QED) is 0.0316. The summed E-state index contributed by atoms with van der Waals surface area (Å²) in [6, 6.07) is 0. The fraction of sp³-hybridized carbons (Fsp3) is 0.909. The smallest absolute Gasteiger partial charge is 0.236 e. The molecule has 0 spiro atoms. The van der Waals surface area contributed by atoms with Crippen molar-refractivity contribution in [3.8, 4) is 0 Å². The molecule has 0 aliphatic carbocycles. The first-order valence-corrected chi connectivity index (χ1v) is 44.1. The molecule has 2 rings (SSSR count). The molecule has 2 fully saturated rings. The first-order valence-electron chi connectivity index (χ1n) is 44.1. The lowest BCUT2D eigenvalue weighted by Crippen LogP contribution is -2.40. The lowest BCUT2D eigenvalue weighted by Gasteiger charge is -2.15. The van der Waals surface area contributed by atoms with Gasteiger partial charge < -0.3 is 16.0 Å². The topological polar surface area (TPSA) is 111 Å². The molecule has 2 aliphatic rings. The van der Waals surface area contributed by atoms with Crippen molar-refractivity contribution in [1.29, 1.82) is 0 Å². The standard InChI is InChI=1S/C88H167N5O4/c1-3-5-7-9-11-13-15-17-19-21-23-25-27-29-31-33-35-37-39-41-43-45-47-49-51-53-55-57-59-61-63-65-67-69-71-83-81-85(94)92(87(83)96)79-77-90-75-73-89-74-76-91-78-80-93-86(95)82-84(88(93)97)72-70-68-66-64-62-60-58-56-54-52-50-48-46-44-42-40-38-36-34-32-30-28-26-24-22-20-18-16-14-12-10-8-6-4-2/h69-72,83-84,89-91H,3-68,73-82H2,1-2H3. The van der Waals surface area contributed by atoms with Crippen LogP contribution in [0.5, 0.6) is 0 Å². The summed E-state index contributed by atoms with van der Waals surface area (Å²) in [5.74, 6) is -0.851. The van der Waals surface area contributed by atoms with Crippen molar-refractivity contribution >= 4 is 23.6 Å². The zero-order chi connectivity index (χ0) is 69.3. The van der Waals surface area contributed by atoms with Gasteiger partial charge in [-0.25, -0.2) is 0 Å². The van der Waals surface area contributed by atoms with E-state index in [2.05, 4.69) is 41.9 Å². The van der Waals surface area contributed by atoms with Crippen LogP contribution in [0, 0.1) is 11.8 Å². The first kappa shape index (κ1) is 90.7. The number of likely N-dealkylation sites (tertiary alicyclic amines) is 2. The minimum Gasteiger partial charge on any atom is -0.314 e. The van der Waals surface area contributed by atoms with Crippen molar-refractivity contribution in [3.05, 3.63) is 24.3 Å². The average Bonchev–Trinajstić information content (AvgIpc) is 1.76. The van der Waals surface area contributed by atoms with Gasteiger partial charge in [0.15, 0.2) is 0 Å². The number of nitrogens with one attached hydrogen (secondary N) is 3. The molecule has 9 nitrogen and oxygen atoms in total. The number of allylic oxidation sites excluding steroid dienone is 2. The molecule has 0 aromatic heterocycles. The molecule has 0 saturated carbocycles. The Kier molecular flexibility index (Phi) is 68.6. The van der Waals surface area contributed by atoms with Crippen LogP contribution in [0.25, 0.3) is 0 Å². The number of amides is 4. The number of hydrogen-bond acceptors (Lipinski definition) is 7. The van der Waals surface area contributed by atoms with Crippen LogP contribution in [-0.2, 0) is 19.2 Å². The van der Waals surface area contributed by atoms with Gasteiger partial charge in [-0.2, -0.15) is 0 Å². The Balaban J connectivity index is 1.25. The Morgan fingerprint density at radius 2 is 0.412 bits per heavy atom. The van der Waals surface area contributed by atoms with E-state index in [1.54, 1.807) is 0 Å². The Labute approximate surface area is 604 Å². The third kappa shape index (κ3) is 58.8. The Morgan fingerprint density at radius 1 is 0.247 bits per heavy atom. The van der Waals surface area contributed by atoms with Gasteiger partial charge in [0.1, 0.15) is 0 Å². The predicted molar refractivity (Wildman–Crippen MR) is 423 cm³/mol. The van der Waals surface area contributed by atoms with E-state index >= 15 is 0 Å². The maximum Gasteiger partial charge on any atom is 0.236 e. The first-order chi connectivity index (χ1) is 48.0. The summed E-state index contributed by atoms with van der Waals surface area (Å²) in [6.07, 6.45) is 102. The number of carbonyl (C=O) groups excluding carboxylic acids is 4. The molecule has 2 aliphatic heterocycles. The zero-order valence-corrected chi connectivity index (χ0v) is 65.2. The summed E-state index contributed by atoms with van der Waals surface area (Å²) in [4.78, 5) is 54.3. The number of carbonyl (C=O) groups is 4. The summed E-state index contributed by atoms with van der Waals surface area (Å²) >= 11 is 0. The van der Waals surface area contributed by atoms with Crippen LogP contribution < -0.4 is 16.0 Å². The summed E-state index contributed by atoms with van der Waals surface area (Å²) in [7, 11) is 0. The van der Waals surface area contributed by atoms with Crippen molar-refractivity contribution in [2.24, 2.45) is 11.8 Å². The number of rotatable bonds is 80. The number of imide groups is 2. The molecule has 97 heavy (non-hydrogen) atoms. The van der Waals surface area contributed by atoms with Crippen molar-refractivity contribution in [1.82, 2.24) is 25.8 Å². The Hall–Kier alpha value is -2.36. The van der Waals surface area contributed by atoms with Gasteiger partial charge in [-0.3, -0.25) is 29.0 Å². The molecule has 0 radical (unpaired) electrons. The molecule has 4 amide bonds. The van der Waals surface area contributed by atoms with E-state index in [1.807, 2.05) is 12.2 Å². The third-order valence-corrected chi connectivity index (χ3v) is 21.7. The minimum atomic E-state index is -0.308. The van der Waals surface area contributed by atoms with Crippen LogP contribution in [0.4, 0.5) is 0 Å². The zero-order valence-electron chi connectivity index (χ0n) is 65.2. The molecule has 568 valence electrons. The summed E-state index contributed by atoms with van der Waals surface area (Å²) in [5, 5.41) is 10.1. The SMILES string of the molecule is CCCCCCCCCCCCCCCCCCCCCCCCCCCCCCCCCCC=CC1CC(=O)N(CCNCCNCCNCCN2C(=O)CC(C=CCCCCCCCCCCCCCCCCCCCCCCCCCCCCCCCCCC)C2=O)C1=O. The van der Waals surface area contributed by atoms with Crippen LogP contribution in [0.15, 0.2) is 24.3 Å². The lowest BCUT2D eigenvalue weighted by molar-refractivity contribution is -0.140. The van der Waals surface area contributed by atoms with Gasteiger partial charge >= 0.3 is 0 Å². The average molecular weight is 1360 g/mol. The Bertz CT molecular complexity index is 1650. The normalized spacial score (nSPS) is 15.3. The second-order valence-electron chi connectivity index (χ2n) is 31.0. The van der Waals surface area contributed by atoms with E-state index in [4.69, 9.17) is 0 Å². The van der Waals surface area contributed by atoms with Crippen LogP contribution in [0.3, 0.4) is 0 Å². The highest BCUT2D eigenvalue weighted by Gasteiger charge is 2.37. The maximum absolute atomic E-state index is 13.0. The van der Waals surface area contributed by atoms with Crippen LogP contribution >= 0.6 is 0 Å². The highest BCUT2D eigenvalue weighted by atomic mass is 16.2. The van der Waals surface area contributed by atoms with Crippen molar-refractivity contribution in [3.63, 3.8) is 0 Å². The fourth-order valence-corrected chi connectivity index (χ4v) is 15.1. The van der Waals surface area contributed by atoms with Crippen LogP contribution in [-0.4, -0.2) is 85.8 Å². The fourth-order valence-electron chi connectivity index (χ4n) is 15.1. The van der Waals surface area contributed by atoms with Gasteiger partial charge in [-0.15, -0.1) is 0 Å². The van der Waals surface area contributed by atoms with Crippen molar-refractivity contribution in [2.75, 3.05) is 52.4 Å². The molecular formula is C88H167N5O4.